The summed E-state index contributed by atoms with van der Waals surface area (Å²) in [5, 5.41) is 24.9. The monoisotopic (exact) mass is 557 g/mol. The summed E-state index contributed by atoms with van der Waals surface area (Å²) in [6, 6.07) is -0.943. The molecular weight excluding hydrogens is 542 g/mol. The highest BCUT2D eigenvalue weighted by atomic mass is 35.5. The average Bonchev–Trinajstić information content (AvgIpc) is 3.43. The van der Waals surface area contributed by atoms with E-state index in [4.69, 9.17) is 23.1 Å². The number of nitrogens with one attached hydrogen (secondary N) is 1. The molecule has 184 valence electrons. The summed E-state index contributed by atoms with van der Waals surface area (Å²) in [7, 11) is 0. The zero-order chi connectivity index (χ0) is 25.3. The highest BCUT2D eigenvalue weighted by Crippen LogP contribution is 2.41. The van der Waals surface area contributed by atoms with Crippen LogP contribution in [0.4, 0.5) is 5.13 Å². The van der Waals surface area contributed by atoms with E-state index in [9.17, 15) is 24.3 Å². The van der Waals surface area contributed by atoms with E-state index in [2.05, 4.69) is 25.8 Å². The predicted octanol–water partition coefficient (Wildman–Crippen LogP) is -0.692. The number of hydrogen-bond acceptors (Lipinski definition) is 12. The molecule has 2 aliphatic heterocycles. The lowest BCUT2D eigenvalue weighted by Crippen LogP contribution is -2.70. The number of amides is 3. The third-order valence-electron chi connectivity index (χ3n) is 4.87. The van der Waals surface area contributed by atoms with Gasteiger partial charge in [-0.15, -0.1) is 28.2 Å². The molecule has 2 aromatic heterocycles. The minimum Gasteiger partial charge on any atom is -0.477 e. The summed E-state index contributed by atoms with van der Waals surface area (Å²) >= 11 is 9.34. The van der Waals surface area contributed by atoms with Crippen LogP contribution in [-0.2, 0) is 25.7 Å². The van der Waals surface area contributed by atoms with E-state index in [0.29, 0.717) is 5.57 Å². The van der Waals surface area contributed by atoms with Crippen molar-refractivity contribution in [3.63, 3.8) is 0 Å². The zero-order valence-corrected chi connectivity index (χ0v) is 20.7. The molecule has 2 aliphatic rings. The van der Waals surface area contributed by atoms with Gasteiger partial charge in [-0.25, -0.2) is 14.5 Å². The number of primary amides is 1. The Hall–Kier alpha value is -3.15. The fraction of sp³-hybridized carbons (Fsp3) is 0.294. The normalized spacial score (nSPS) is 19.9. The van der Waals surface area contributed by atoms with Gasteiger partial charge in [-0.1, -0.05) is 23.4 Å². The van der Waals surface area contributed by atoms with Crippen LogP contribution in [0.5, 0.6) is 0 Å². The summed E-state index contributed by atoms with van der Waals surface area (Å²) in [5.41, 5.74) is 12.4. The van der Waals surface area contributed by atoms with Crippen LogP contribution in [0.1, 0.15) is 5.69 Å². The number of nitrogen functional groups attached to an aromatic ring is 1. The van der Waals surface area contributed by atoms with Crippen LogP contribution in [-0.4, -0.2) is 81.8 Å². The van der Waals surface area contributed by atoms with Gasteiger partial charge in [0.05, 0.1) is 11.3 Å². The van der Waals surface area contributed by atoms with Crippen molar-refractivity contribution in [1.82, 2.24) is 35.4 Å². The largest absolute Gasteiger partial charge is 0.477 e. The number of hydrogen-bond donors (Lipinski definition) is 4. The van der Waals surface area contributed by atoms with Crippen LogP contribution >= 0.6 is 46.5 Å². The van der Waals surface area contributed by atoms with E-state index in [-0.39, 0.29) is 45.3 Å². The van der Waals surface area contributed by atoms with Crippen molar-refractivity contribution in [2.24, 2.45) is 5.73 Å². The first-order chi connectivity index (χ1) is 16.7. The van der Waals surface area contributed by atoms with Gasteiger partial charge in [0.1, 0.15) is 23.7 Å². The van der Waals surface area contributed by atoms with E-state index in [1.165, 1.54) is 16.4 Å². The number of thioether (sulfide) groups is 2. The second-order valence-corrected chi connectivity index (χ2v) is 10.2. The highest BCUT2D eigenvalue weighted by molar-refractivity contribution is 8.01. The Balaban J connectivity index is 1.47. The molecule has 0 saturated carbocycles. The number of anilines is 1. The third kappa shape index (κ3) is 4.97. The number of carboxylic acids is 1. The molecule has 0 aliphatic carbocycles. The van der Waals surface area contributed by atoms with Crippen molar-refractivity contribution in [2.45, 2.75) is 23.1 Å². The number of aliphatic carboxylic acids is 1. The summed E-state index contributed by atoms with van der Waals surface area (Å²) in [6.45, 7) is -0.227. The first-order valence-electron chi connectivity index (χ1n) is 9.61. The Labute approximate surface area is 214 Å². The lowest BCUT2D eigenvalue weighted by atomic mass is 10.0. The predicted molar refractivity (Wildman–Crippen MR) is 128 cm³/mol. The molecule has 2 atom stereocenters. The minimum absolute atomic E-state index is 0.0337. The summed E-state index contributed by atoms with van der Waals surface area (Å²) < 4.78 is 1.20. The molecule has 1 saturated heterocycles. The Kier molecular flexibility index (Phi) is 7.29. The fourth-order valence-corrected chi connectivity index (χ4v) is 6.48. The zero-order valence-electron chi connectivity index (χ0n) is 17.5. The van der Waals surface area contributed by atoms with E-state index in [1.54, 1.807) is 5.38 Å². The molecule has 0 bridgehead atoms. The number of halogens is 1. The Morgan fingerprint density at radius 2 is 2.17 bits per heavy atom. The Bertz CT molecular complexity index is 1280. The maximum atomic E-state index is 12.9. The van der Waals surface area contributed by atoms with Crippen molar-refractivity contribution in [2.75, 3.05) is 17.2 Å². The number of fused-ring (bicyclic) bond motifs is 1. The topological polar surface area (TPSA) is 212 Å². The number of nitrogens with two attached hydrogens (primary N) is 2. The molecule has 1 fully saturated rings. The van der Waals surface area contributed by atoms with E-state index in [0.717, 1.165) is 33.5 Å². The number of carbonyl (C=O) groups is 4. The van der Waals surface area contributed by atoms with Gasteiger partial charge in [-0.3, -0.25) is 19.3 Å². The van der Waals surface area contributed by atoms with Crippen LogP contribution < -0.4 is 16.8 Å². The number of carbonyl (C=O) groups excluding carboxylic acids is 3. The smallest absolute Gasteiger partial charge is 0.352 e. The van der Waals surface area contributed by atoms with Crippen molar-refractivity contribution in [3.05, 3.63) is 27.9 Å². The molecule has 6 N–H and O–H groups in total. The van der Waals surface area contributed by atoms with E-state index in [1.807, 2.05) is 0 Å². The van der Waals surface area contributed by atoms with Gasteiger partial charge in [0, 0.05) is 22.4 Å². The molecular formula is C17H16ClN9O5S3. The van der Waals surface area contributed by atoms with Crippen LogP contribution in [0, 0.1) is 0 Å². The highest BCUT2D eigenvalue weighted by Gasteiger charge is 2.54. The van der Waals surface area contributed by atoms with Crippen molar-refractivity contribution in [3.8, 4) is 0 Å². The molecule has 0 aromatic carbocycles. The number of carboxylic acid groups (broad SMARTS) is 1. The number of thiazole rings is 1. The molecule has 3 amide bonds. The first kappa shape index (κ1) is 25.0. The molecule has 14 nitrogen and oxygen atoms in total. The number of nitrogens with zero attached hydrogens (tertiary/aromatic N) is 6. The number of tetrazole rings is 1. The van der Waals surface area contributed by atoms with Crippen LogP contribution in [0.15, 0.2) is 27.3 Å². The summed E-state index contributed by atoms with van der Waals surface area (Å²) in [6.07, 6.45) is 0. The molecule has 1 unspecified atom stereocenters. The Morgan fingerprint density at radius 1 is 1.40 bits per heavy atom. The second kappa shape index (κ2) is 10.2. The Morgan fingerprint density at radius 3 is 2.80 bits per heavy atom. The lowest BCUT2D eigenvalue weighted by molar-refractivity contribution is -0.150. The van der Waals surface area contributed by atoms with Crippen molar-refractivity contribution in [1.29, 1.82) is 0 Å². The number of rotatable bonds is 9. The van der Waals surface area contributed by atoms with Gasteiger partial charge < -0.3 is 21.9 Å². The van der Waals surface area contributed by atoms with Crippen molar-refractivity contribution >= 4 is 80.9 Å². The molecule has 4 rings (SSSR count). The molecule has 0 spiro atoms. The van der Waals surface area contributed by atoms with Crippen molar-refractivity contribution < 1.29 is 24.3 Å². The second-order valence-electron chi connectivity index (χ2n) is 7.09. The summed E-state index contributed by atoms with van der Waals surface area (Å²) in [5.74, 6) is -2.67. The maximum absolute atomic E-state index is 12.9. The molecule has 0 radical (unpaired) electrons. The van der Waals surface area contributed by atoms with Crippen LogP contribution in [0.2, 0.25) is 0 Å². The quantitative estimate of drug-likeness (QED) is 0.171. The van der Waals surface area contributed by atoms with E-state index < -0.39 is 35.1 Å². The third-order valence-corrected chi connectivity index (χ3v) is 8.14. The molecule has 2 aromatic rings. The maximum Gasteiger partial charge on any atom is 0.352 e. The average molecular weight is 558 g/mol. The van der Waals surface area contributed by atoms with Crippen LogP contribution in [0.25, 0.3) is 5.57 Å². The van der Waals surface area contributed by atoms with Gasteiger partial charge in [0.15, 0.2) is 5.13 Å². The van der Waals surface area contributed by atoms with Gasteiger partial charge >= 0.3 is 5.97 Å². The molecule has 4 heterocycles. The first-order valence-corrected chi connectivity index (χ1v) is 13.0. The van der Waals surface area contributed by atoms with Crippen LogP contribution in [0.3, 0.4) is 0 Å². The van der Waals surface area contributed by atoms with Gasteiger partial charge in [-0.2, -0.15) is 0 Å². The van der Waals surface area contributed by atoms with Gasteiger partial charge in [0.2, 0.25) is 11.1 Å². The van der Waals surface area contributed by atoms with Gasteiger partial charge in [0.25, 0.3) is 11.8 Å². The van der Waals surface area contributed by atoms with Gasteiger partial charge in [-0.05, 0) is 16.0 Å². The number of aromatic nitrogens is 5. The van der Waals surface area contributed by atoms with E-state index >= 15 is 0 Å². The SMILES string of the molecule is NC(=O)Cn1nnnc1SCC1=C(C(=O)O)N2C(=O)C(NC(=O)C(=CCl)c3csc(N)n3)[C@@H]2SC1. The standard InChI is InChI=1S/C17H16ClN9O5S3/c18-1-7(8-5-34-16(20)21-8)12(29)22-10-13(30)27-11(15(31)32)6(3-33-14(10)27)4-35-17-23-24-25-26(17)2-9(19)28/h1,5,10,14H,2-4H2,(H2,19,28)(H2,20,21)(H,22,29)(H,31,32)/t10?,14-/m0/s1. The fourth-order valence-electron chi connectivity index (χ4n) is 3.34. The lowest BCUT2D eigenvalue weighted by Gasteiger charge is -2.49. The minimum atomic E-state index is -1.28. The molecule has 35 heavy (non-hydrogen) atoms. The summed E-state index contributed by atoms with van der Waals surface area (Å²) in [4.78, 5) is 53.9. The molecule has 18 heteroatoms. The number of β-lactam (4-membered cyclic amide) rings is 1.